The Morgan fingerprint density at radius 3 is 2.28 bits per heavy atom. The number of nitrogens with one attached hydrogen (secondary N) is 3. The average molecular weight is 387 g/mol. The van der Waals surface area contributed by atoms with Gasteiger partial charge in [0, 0.05) is 16.9 Å². The Balaban J connectivity index is 1.50. The monoisotopic (exact) mass is 387 g/mol. The number of rotatable bonds is 7. The van der Waals surface area contributed by atoms with Gasteiger partial charge in [0.1, 0.15) is 0 Å². The molecule has 1 atom stereocenters. The van der Waals surface area contributed by atoms with Crippen LogP contribution in [0.1, 0.15) is 34.5 Å². The predicted octanol–water partition coefficient (Wildman–Crippen LogP) is 4.54. The van der Waals surface area contributed by atoms with Gasteiger partial charge < -0.3 is 16.0 Å². The van der Waals surface area contributed by atoms with E-state index in [1.165, 1.54) is 0 Å². The second-order valence-electron chi connectivity index (χ2n) is 6.95. The normalized spacial score (nSPS) is 11.4. The first-order chi connectivity index (χ1) is 14.0. The zero-order valence-corrected chi connectivity index (χ0v) is 16.6. The summed E-state index contributed by atoms with van der Waals surface area (Å²) < 4.78 is 0. The molecule has 5 heteroatoms. The molecule has 0 bridgehead atoms. The van der Waals surface area contributed by atoms with Gasteiger partial charge in [0.2, 0.25) is 5.91 Å². The first-order valence-corrected chi connectivity index (χ1v) is 9.57. The van der Waals surface area contributed by atoms with Gasteiger partial charge in [-0.25, -0.2) is 0 Å². The maximum Gasteiger partial charge on any atom is 0.251 e. The molecule has 0 radical (unpaired) electrons. The van der Waals surface area contributed by atoms with E-state index in [0.717, 1.165) is 22.5 Å². The Hall–Kier alpha value is -3.60. The number of carbonyl (C=O) groups is 2. The van der Waals surface area contributed by atoms with E-state index in [9.17, 15) is 9.59 Å². The fourth-order valence-corrected chi connectivity index (χ4v) is 2.95. The molecule has 0 fully saturated rings. The number of amides is 2. The topological polar surface area (TPSA) is 70.2 Å². The highest BCUT2D eigenvalue weighted by Crippen LogP contribution is 2.14. The van der Waals surface area contributed by atoms with Crippen molar-refractivity contribution < 1.29 is 9.59 Å². The Bertz CT molecular complexity index is 969. The highest BCUT2D eigenvalue weighted by Gasteiger charge is 2.11. The van der Waals surface area contributed by atoms with Gasteiger partial charge >= 0.3 is 0 Å². The summed E-state index contributed by atoms with van der Waals surface area (Å²) in [6.45, 7) is 4.08. The van der Waals surface area contributed by atoms with Crippen LogP contribution in [0.2, 0.25) is 0 Å². The summed E-state index contributed by atoms with van der Waals surface area (Å²) in [6, 6.07) is 24.5. The molecule has 3 aromatic carbocycles. The number of anilines is 2. The van der Waals surface area contributed by atoms with Gasteiger partial charge in [-0.3, -0.25) is 9.59 Å². The molecule has 0 saturated carbocycles. The first-order valence-electron chi connectivity index (χ1n) is 9.57. The average Bonchev–Trinajstić information content (AvgIpc) is 2.73. The lowest BCUT2D eigenvalue weighted by Gasteiger charge is -2.14. The summed E-state index contributed by atoms with van der Waals surface area (Å²) in [5.41, 5.74) is 4.26. The lowest BCUT2D eigenvalue weighted by atomic mass is 10.1. The molecule has 0 aliphatic carbocycles. The maximum absolute atomic E-state index is 12.4. The van der Waals surface area contributed by atoms with Crippen LogP contribution >= 0.6 is 0 Å². The summed E-state index contributed by atoms with van der Waals surface area (Å²) in [5.74, 6) is -0.265. The van der Waals surface area contributed by atoms with Gasteiger partial charge in [-0.1, -0.05) is 42.5 Å². The molecule has 148 valence electrons. The number of carbonyl (C=O) groups excluding carboxylic acids is 2. The van der Waals surface area contributed by atoms with Crippen molar-refractivity contribution in [3.63, 3.8) is 0 Å². The second kappa shape index (κ2) is 9.55. The molecule has 2 amide bonds. The van der Waals surface area contributed by atoms with Gasteiger partial charge in [0.05, 0.1) is 12.6 Å². The van der Waals surface area contributed by atoms with Crippen molar-refractivity contribution in [1.82, 2.24) is 5.32 Å². The van der Waals surface area contributed by atoms with Crippen LogP contribution in [0.3, 0.4) is 0 Å². The van der Waals surface area contributed by atoms with E-state index in [-0.39, 0.29) is 24.4 Å². The predicted molar refractivity (Wildman–Crippen MR) is 117 cm³/mol. The lowest BCUT2D eigenvalue weighted by Crippen LogP contribution is -2.26. The molecule has 0 heterocycles. The molecule has 29 heavy (non-hydrogen) atoms. The molecule has 5 nitrogen and oxygen atoms in total. The van der Waals surface area contributed by atoms with Crippen molar-refractivity contribution in [3.05, 3.63) is 95.6 Å². The standard InChI is InChI=1S/C24H25N3O2/c1-17-7-6-10-22(15-17)27-23(28)16-25-21-13-11-20(12-14-21)24(29)26-18(2)19-8-4-3-5-9-19/h3-15,18,25H,16H2,1-2H3,(H,26,29)(H,27,28). The number of benzene rings is 3. The Kier molecular flexibility index (Phi) is 6.63. The lowest BCUT2D eigenvalue weighted by molar-refractivity contribution is -0.114. The summed E-state index contributed by atoms with van der Waals surface area (Å²) in [7, 11) is 0. The van der Waals surface area contributed by atoms with Crippen LogP contribution in [0.5, 0.6) is 0 Å². The molecule has 0 aliphatic rings. The third-order valence-electron chi connectivity index (χ3n) is 4.55. The Morgan fingerprint density at radius 1 is 0.862 bits per heavy atom. The quantitative estimate of drug-likeness (QED) is 0.558. The number of aryl methyl sites for hydroxylation is 1. The van der Waals surface area contributed by atoms with Crippen molar-refractivity contribution in [1.29, 1.82) is 0 Å². The van der Waals surface area contributed by atoms with E-state index < -0.39 is 0 Å². The molecule has 0 aromatic heterocycles. The minimum Gasteiger partial charge on any atom is -0.376 e. The summed E-state index contributed by atoms with van der Waals surface area (Å²) in [5, 5.41) is 8.91. The highest BCUT2D eigenvalue weighted by atomic mass is 16.2. The van der Waals surface area contributed by atoms with Gasteiger partial charge in [0.25, 0.3) is 5.91 Å². The highest BCUT2D eigenvalue weighted by molar-refractivity contribution is 5.95. The van der Waals surface area contributed by atoms with Crippen LogP contribution in [0.25, 0.3) is 0 Å². The smallest absolute Gasteiger partial charge is 0.251 e. The molecule has 3 N–H and O–H groups in total. The minimum atomic E-state index is -0.134. The summed E-state index contributed by atoms with van der Waals surface area (Å²) >= 11 is 0. The fourth-order valence-electron chi connectivity index (χ4n) is 2.95. The van der Waals surface area contributed by atoms with Crippen LogP contribution in [0, 0.1) is 6.92 Å². The minimum absolute atomic E-state index is 0.0770. The van der Waals surface area contributed by atoms with E-state index in [0.29, 0.717) is 5.56 Å². The van der Waals surface area contributed by atoms with E-state index in [1.807, 2.05) is 68.4 Å². The molecule has 3 rings (SSSR count). The second-order valence-corrected chi connectivity index (χ2v) is 6.95. The Morgan fingerprint density at radius 2 is 1.59 bits per heavy atom. The molecule has 0 saturated heterocycles. The van der Waals surface area contributed by atoms with Crippen LogP contribution in [-0.2, 0) is 4.79 Å². The van der Waals surface area contributed by atoms with E-state index in [4.69, 9.17) is 0 Å². The van der Waals surface area contributed by atoms with Crippen molar-refractivity contribution in [2.45, 2.75) is 19.9 Å². The van der Waals surface area contributed by atoms with Gasteiger partial charge in [0.15, 0.2) is 0 Å². The van der Waals surface area contributed by atoms with Gasteiger partial charge in [-0.2, -0.15) is 0 Å². The van der Waals surface area contributed by atoms with E-state index in [1.54, 1.807) is 24.3 Å². The molecular formula is C24H25N3O2. The zero-order valence-electron chi connectivity index (χ0n) is 16.6. The van der Waals surface area contributed by atoms with Crippen LogP contribution < -0.4 is 16.0 Å². The Labute approximate surface area is 171 Å². The fraction of sp³-hybridized carbons (Fsp3) is 0.167. The van der Waals surface area contributed by atoms with Crippen molar-refractivity contribution in [2.24, 2.45) is 0 Å². The van der Waals surface area contributed by atoms with Crippen LogP contribution in [0.15, 0.2) is 78.9 Å². The summed E-state index contributed by atoms with van der Waals surface area (Å²) in [4.78, 5) is 24.5. The first kappa shape index (κ1) is 20.1. The molecule has 3 aromatic rings. The maximum atomic E-state index is 12.4. The van der Waals surface area contributed by atoms with Crippen molar-refractivity contribution >= 4 is 23.2 Å². The number of hydrogen-bond acceptors (Lipinski definition) is 3. The largest absolute Gasteiger partial charge is 0.376 e. The molecular weight excluding hydrogens is 362 g/mol. The van der Waals surface area contributed by atoms with Crippen LogP contribution in [0.4, 0.5) is 11.4 Å². The molecule has 0 spiro atoms. The molecule has 1 unspecified atom stereocenters. The van der Waals surface area contributed by atoms with E-state index >= 15 is 0 Å². The van der Waals surface area contributed by atoms with Gasteiger partial charge in [-0.15, -0.1) is 0 Å². The van der Waals surface area contributed by atoms with Crippen molar-refractivity contribution in [2.75, 3.05) is 17.2 Å². The zero-order chi connectivity index (χ0) is 20.6. The third kappa shape index (κ3) is 5.94. The van der Waals surface area contributed by atoms with Gasteiger partial charge in [-0.05, 0) is 61.4 Å². The number of hydrogen-bond donors (Lipinski definition) is 3. The van der Waals surface area contributed by atoms with E-state index in [2.05, 4.69) is 16.0 Å². The third-order valence-corrected chi connectivity index (χ3v) is 4.55. The van der Waals surface area contributed by atoms with Crippen molar-refractivity contribution in [3.8, 4) is 0 Å². The SMILES string of the molecule is Cc1cccc(NC(=O)CNc2ccc(C(=O)NC(C)c3ccccc3)cc2)c1. The van der Waals surface area contributed by atoms with Crippen LogP contribution in [-0.4, -0.2) is 18.4 Å². The summed E-state index contributed by atoms with van der Waals surface area (Å²) in [6.07, 6.45) is 0. The molecule has 0 aliphatic heterocycles.